The molecule has 0 atom stereocenters. The quantitative estimate of drug-likeness (QED) is 0.833. The molecule has 92 valence electrons. The number of nitrogens with zero attached hydrogens (tertiary/aromatic N) is 3. The number of ether oxygens (including phenoxy) is 2. The second kappa shape index (κ2) is 5.01. The van der Waals surface area contributed by atoms with Crippen molar-refractivity contribution in [1.82, 2.24) is 9.97 Å². The number of hydrogen-bond donors (Lipinski definition) is 1. The summed E-state index contributed by atoms with van der Waals surface area (Å²) >= 11 is 0. The van der Waals surface area contributed by atoms with Gasteiger partial charge in [0.25, 0.3) is 0 Å². The zero-order valence-electron chi connectivity index (χ0n) is 9.72. The van der Waals surface area contributed by atoms with E-state index in [0.717, 1.165) is 0 Å². The van der Waals surface area contributed by atoms with Crippen LogP contribution in [0.5, 0.6) is 11.8 Å². The summed E-state index contributed by atoms with van der Waals surface area (Å²) in [4.78, 5) is 9.88. The minimum atomic E-state index is -0.276. The zero-order valence-corrected chi connectivity index (χ0v) is 9.72. The van der Waals surface area contributed by atoms with Gasteiger partial charge in [0, 0.05) is 13.1 Å². The molecule has 0 spiro atoms. The maximum atomic E-state index is 9.49. The lowest BCUT2D eigenvalue weighted by Gasteiger charge is -2.29. The number of anilines is 1. The summed E-state index contributed by atoms with van der Waals surface area (Å²) in [5.41, 5.74) is 0.487. The Morgan fingerprint density at radius 1 is 1.41 bits per heavy atom. The highest BCUT2D eigenvalue weighted by atomic mass is 16.5. The number of morpholine rings is 1. The Morgan fingerprint density at radius 3 is 2.71 bits per heavy atom. The van der Waals surface area contributed by atoms with Gasteiger partial charge < -0.3 is 19.5 Å². The molecule has 0 unspecified atom stereocenters. The van der Waals surface area contributed by atoms with Crippen molar-refractivity contribution in [2.45, 2.75) is 0 Å². The van der Waals surface area contributed by atoms with Crippen LogP contribution < -0.4 is 9.64 Å². The van der Waals surface area contributed by atoms with Crippen LogP contribution in [0.4, 0.5) is 5.82 Å². The molecule has 0 amide bonds. The number of rotatable bonds is 3. The van der Waals surface area contributed by atoms with Crippen LogP contribution in [0.25, 0.3) is 6.08 Å². The van der Waals surface area contributed by atoms with Crippen molar-refractivity contribution in [2.24, 2.45) is 0 Å². The lowest BCUT2D eigenvalue weighted by atomic mass is 10.3. The third kappa shape index (κ3) is 2.31. The molecule has 2 rings (SSSR count). The van der Waals surface area contributed by atoms with Crippen LogP contribution >= 0.6 is 0 Å². The lowest BCUT2D eigenvalue weighted by Crippen LogP contribution is -2.37. The Balaban J connectivity index is 2.42. The number of aromatic hydroxyl groups is 1. The van der Waals surface area contributed by atoms with E-state index >= 15 is 0 Å². The first kappa shape index (κ1) is 11.7. The molecule has 0 bridgehead atoms. The van der Waals surface area contributed by atoms with Crippen molar-refractivity contribution in [2.75, 3.05) is 38.3 Å². The van der Waals surface area contributed by atoms with Gasteiger partial charge in [-0.05, 0) is 6.08 Å². The fourth-order valence-corrected chi connectivity index (χ4v) is 1.77. The van der Waals surface area contributed by atoms with Crippen LogP contribution in [0.3, 0.4) is 0 Å². The third-order valence-electron chi connectivity index (χ3n) is 2.57. The Morgan fingerprint density at radius 2 is 2.12 bits per heavy atom. The van der Waals surface area contributed by atoms with E-state index in [0.29, 0.717) is 43.6 Å². The number of hydrogen-bond acceptors (Lipinski definition) is 6. The summed E-state index contributed by atoms with van der Waals surface area (Å²) in [5.74, 6) is 1.11. The standard InChI is InChI=1S/C11H15N3O3/c1-3-8-9(16-2)10(13-11(15)12-8)14-4-6-17-7-5-14/h3H,1,4-7H2,2H3,(H,12,13,15). The number of methoxy groups -OCH3 is 1. The highest BCUT2D eigenvalue weighted by Gasteiger charge is 2.20. The van der Waals surface area contributed by atoms with E-state index in [9.17, 15) is 5.11 Å². The fraction of sp³-hybridized carbons (Fsp3) is 0.455. The molecule has 0 aromatic carbocycles. The van der Waals surface area contributed by atoms with E-state index in [2.05, 4.69) is 16.5 Å². The normalized spacial score (nSPS) is 15.7. The van der Waals surface area contributed by atoms with E-state index in [-0.39, 0.29) is 6.01 Å². The zero-order chi connectivity index (χ0) is 12.3. The molecule has 0 radical (unpaired) electrons. The van der Waals surface area contributed by atoms with Gasteiger partial charge in [-0.1, -0.05) is 6.58 Å². The minimum Gasteiger partial charge on any atom is -0.491 e. The van der Waals surface area contributed by atoms with Gasteiger partial charge in [-0.3, -0.25) is 0 Å². The molecule has 6 nitrogen and oxygen atoms in total. The molecular formula is C11H15N3O3. The SMILES string of the molecule is C=Cc1nc(O)nc(N2CCOCC2)c1OC. The second-order valence-corrected chi connectivity index (χ2v) is 3.57. The van der Waals surface area contributed by atoms with Crippen molar-refractivity contribution in [3.8, 4) is 11.8 Å². The topological polar surface area (TPSA) is 67.7 Å². The van der Waals surface area contributed by atoms with E-state index < -0.39 is 0 Å². The first-order valence-corrected chi connectivity index (χ1v) is 5.36. The van der Waals surface area contributed by atoms with Gasteiger partial charge in [0.05, 0.1) is 20.3 Å². The molecule has 1 fully saturated rings. The average Bonchev–Trinajstić information content (AvgIpc) is 2.38. The maximum Gasteiger partial charge on any atom is 0.316 e. The molecule has 1 N–H and O–H groups in total. The van der Waals surface area contributed by atoms with Gasteiger partial charge in [0.15, 0.2) is 11.6 Å². The smallest absolute Gasteiger partial charge is 0.316 e. The van der Waals surface area contributed by atoms with E-state index in [1.165, 1.54) is 6.08 Å². The summed E-state index contributed by atoms with van der Waals surface area (Å²) in [6.45, 7) is 6.34. The van der Waals surface area contributed by atoms with Crippen molar-refractivity contribution >= 4 is 11.9 Å². The Kier molecular flexibility index (Phi) is 3.43. The predicted molar refractivity (Wildman–Crippen MR) is 63.4 cm³/mol. The highest BCUT2D eigenvalue weighted by molar-refractivity contribution is 5.64. The summed E-state index contributed by atoms with van der Waals surface area (Å²) in [5, 5.41) is 9.49. The molecule has 17 heavy (non-hydrogen) atoms. The third-order valence-corrected chi connectivity index (χ3v) is 2.57. The molecule has 2 heterocycles. The first-order valence-electron chi connectivity index (χ1n) is 5.36. The van der Waals surface area contributed by atoms with Crippen molar-refractivity contribution in [3.63, 3.8) is 0 Å². The Labute approximate surface area is 99.5 Å². The summed E-state index contributed by atoms with van der Waals surface area (Å²) < 4.78 is 10.6. The van der Waals surface area contributed by atoms with E-state index in [4.69, 9.17) is 9.47 Å². The van der Waals surface area contributed by atoms with E-state index in [1.807, 2.05) is 4.90 Å². The predicted octanol–water partition coefficient (Wildman–Crippen LogP) is 0.670. The van der Waals surface area contributed by atoms with Crippen LogP contribution in [0.15, 0.2) is 6.58 Å². The van der Waals surface area contributed by atoms with Crippen molar-refractivity contribution in [1.29, 1.82) is 0 Å². The van der Waals surface area contributed by atoms with Crippen LogP contribution in [-0.2, 0) is 4.74 Å². The van der Waals surface area contributed by atoms with Crippen molar-refractivity contribution < 1.29 is 14.6 Å². The fourth-order valence-electron chi connectivity index (χ4n) is 1.77. The average molecular weight is 237 g/mol. The first-order chi connectivity index (χ1) is 8.26. The molecule has 1 aromatic heterocycles. The molecule has 6 heteroatoms. The van der Waals surface area contributed by atoms with Crippen LogP contribution in [0.1, 0.15) is 5.69 Å². The molecule has 0 saturated carbocycles. The monoisotopic (exact) mass is 237 g/mol. The maximum absolute atomic E-state index is 9.49. The molecule has 1 aliphatic rings. The van der Waals surface area contributed by atoms with Gasteiger partial charge in [0.2, 0.25) is 0 Å². The summed E-state index contributed by atoms with van der Waals surface area (Å²) in [6.07, 6.45) is 1.53. The molecule has 0 aliphatic carbocycles. The lowest BCUT2D eigenvalue weighted by molar-refractivity contribution is 0.122. The Bertz CT molecular complexity index is 417. The van der Waals surface area contributed by atoms with Crippen LogP contribution in [0, 0.1) is 0 Å². The largest absolute Gasteiger partial charge is 0.491 e. The van der Waals surface area contributed by atoms with Gasteiger partial charge in [0.1, 0.15) is 5.69 Å². The highest BCUT2D eigenvalue weighted by Crippen LogP contribution is 2.31. The van der Waals surface area contributed by atoms with Crippen LogP contribution in [-0.4, -0.2) is 48.5 Å². The van der Waals surface area contributed by atoms with Gasteiger partial charge in [-0.15, -0.1) is 0 Å². The van der Waals surface area contributed by atoms with Gasteiger partial charge >= 0.3 is 6.01 Å². The van der Waals surface area contributed by atoms with Gasteiger partial charge in [-0.25, -0.2) is 0 Å². The second-order valence-electron chi connectivity index (χ2n) is 3.57. The molecule has 1 saturated heterocycles. The van der Waals surface area contributed by atoms with Gasteiger partial charge in [-0.2, -0.15) is 9.97 Å². The van der Waals surface area contributed by atoms with Crippen LogP contribution in [0.2, 0.25) is 0 Å². The Hall–Kier alpha value is -1.82. The summed E-state index contributed by atoms with van der Waals surface area (Å²) in [6, 6.07) is -0.276. The molecule has 1 aromatic rings. The van der Waals surface area contributed by atoms with Crippen molar-refractivity contribution in [3.05, 3.63) is 12.3 Å². The molecular weight excluding hydrogens is 222 g/mol. The summed E-state index contributed by atoms with van der Waals surface area (Å²) in [7, 11) is 1.55. The van der Waals surface area contributed by atoms with E-state index in [1.54, 1.807) is 7.11 Å². The number of aromatic nitrogens is 2. The minimum absolute atomic E-state index is 0.276. The molecule has 1 aliphatic heterocycles.